The van der Waals surface area contributed by atoms with Gasteiger partial charge in [0.1, 0.15) is 6.73 Å². The minimum absolute atomic E-state index is 0.0852. The lowest BCUT2D eigenvalue weighted by Crippen LogP contribution is -2.28. The van der Waals surface area contributed by atoms with E-state index in [0.717, 1.165) is 12.1 Å². The average Bonchev–Trinajstić information content (AvgIpc) is 1.97. The molecule has 3 nitrogen and oxygen atoms in total. The fourth-order valence-corrected chi connectivity index (χ4v) is 1.62. The summed E-state index contributed by atoms with van der Waals surface area (Å²) >= 11 is 0. The van der Waals surface area contributed by atoms with Gasteiger partial charge in [0.15, 0.2) is 5.78 Å². The molecule has 0 heterocycles. The minimum atomic E-state index is 0.0852. The van der Waals surface area contributed by atoms with Gasteiger partial charge in [-0.3, -0.25) is 4.79 Å². The number of methoxy groups -OCH3 is 1. The van der Waals surface area contributed by atoms with Gasteiger partial charge in [-0.25, -0.2) is 0 Å². The molecule has 1 aliphatic carbocycles. The van der Waals surface area contributed by atoms with Crippen molar-refractivity contribution in [2.45, 2.75) is 26.7 Å². The van der Waals surface area contributed by atoms with E-state index in [9.17, 15) is 4.79 Å². The molecule has 3 heteroatoms. The third-order valence-electron chi connectivity index (χ3n) is 2.10. The van der Waals surface area contributed by atoms with Gasteiger partial charge in [-0.15, -0.1) is 0 Å². The maximum Gasteiger partial charge on any atom is 0.157 e. The average molecular weight is 183 g/mol. The Morgan fingerprint density at radius 1 is 1.54 bits per heavy atom. The summed E-state index contributed by atoms with van der Waals surface area (Å²) in [5, 5.41) is 3.08. The van der Waals surface area contributed by atoms with Crippen molar-refractivity contribution in [1.82, 2.24) is 5.32 Å². The van der Waals surface area contributed by atoms with Crippen LogP contribution in [0.15, 0.2) is 11.8 Å². The Kier molecular flexibility index (Phi) is 3.09. The van der Waals surface area contributed by atoms with E-state index in [0.29, 0.717) is 13.2 Å². The van der Waals surface area contributed by atoms with Gasteiger partial charge in [0.05, 0.1) is 0 Å². The van der Waals surface area contributed by atoms with Gasteiger partial charge in [0.2, 0.25) is 0 Å². The minimum Gasteiger partial charge on any atom is -0.366 e. The highest BCUT2D eigenvalue weighted by atomic mass is 16.5. The molecule has 0 fully saturated rings. The Labute approximate surface area is 79.2 Å². The molecule has 0 spiro atoms. The fourth-order valence-electron chi connectivity index (χ4n) is 1.62. The Morgan fingerprint density at radius 3 is 2.77 bits per heavy atom. The Balaban J connectivity index is 2.59. The summed E-state index contributed by atoms with van der Waals surface area (Å²) in [4.78, 5) is 11.3. The van der Waals surface area contributed by atoms with Crippen LogP contribution in [0.2, 0.25) is 0 Å². The van der Waals surface area contributed by atoms with Gasteiger partial charge in [0.25, 0.3) is 0 Å². The predicted octanol–water partition coefficient (Wildman–Crippen LogP) is 1.45. The maximum absolute atomic E-state index is 11.3. The molecule has 0 amide bonds. The molecule has 1 aliphatic rings. The first-order valence-corrected chi connectivity index (χ1v) is 4.50. The van der Waals surface area contributed by atoms with Crippen LogP contribution in [0.1, 0.15) is 26.7 Å². The van der Waals surface area contributed by atoms with Crippen molar-refractivity contribution in [1.29, 1.82) is 0 Å². The van der Waals surface area contributed by atoms with Crippen molar-refractivity contribution in [2.24, 2.45) is 5.41 Å². The lowest BCUT2D eigenvalue weighted by molar-refractivity contribution is -0.117. The zero-order chi connectivity index (χ0) is 9.90. The Morgan fingerprint density at radius 2 is 2.23 bits per heavy atom. The number of ether oxygens (including phenoxy) is 1. The van der Waals surface area contributed by atoms with E-state index >= 15 is 0 Å². The monoisotopic (exact) mass is 183 g/mol. The van der Waals surface area contributed by atoms with Gasteiger partial charge in [-0.1, -0.05) is 13.8 Å². The number of ketones is 1. The van der Waals surface area contributed by atoms with Crippen LogP contribution in [0, 0.1) is 5.41 Å². The number of carbonyl (C=O) groups is 1. The van der Waals surface area contributed by atoms with Gasteiger partial charge < -0.3 is 10.1 Å². The number of carbonyl (C=O) groups excluding carboxylic acids is 1. The summed E-state index contributed by atoms with van der Waals surface area (Å²) in [6, 6.07) is 0. The van der Waals surface area contributed by atoms with E-state index in [-0.39, 0.29) is 11.2 Å². The largest absolute Gasteiger partial charge is 0.366 e. The number of hydrogen-bond acceptors (Lipinski definition) is 3. The van der Waals surface area contributed by atoms with Gasteiger partial charge in [-0.2, -0.15) is 0 Å². The molecule has 1 N–H and O–H groups in total. The number of hydrogen-bond donors (Lipinski definition) is 1. The molecule has 0 bridgehead atoms. The maximum atomic E-state index is 11.3. The molecule has 0 aliphatic heterocycles. The smallest absolute Gasteiger partial charge is 0.157 e. The zero-order valence-electron chi connectivity index (χ0n) is 8.52. The molecule has 0 saturated carbocycles. The molecular formula is C10H17NO2. The number of rotatable bonds is 3. The standard InChI is InChI=1S/C10H17NO2/c1-10(2)5-8(11-7-13-3)4-9(12)6-10/h4,11H,5-7H2,1-3H3. The second-order valence-corrected chi connectivity index (χ2v) is 4.26. The summed E-state index contributed by atoms with van der Waals surface area (Å²) in [7, 11) is 1.63. The van der Waals surface area contributed by atoms with Crippen LogP contribution < -0.4 is 5.32 Å². The molecule has 13 heavy (non-hydrogen) atoms. The van der Waals surface area contributed by atoms with E-state index < -0.39 is 0 Å². The van der Waals surface area contributed by atoms with E-state index in [4.69, 9.17) is 4.74 Å². The number of nitrogens with one attached hydrogen (secondary N) is 1. The Hall–Kier alpha value is -0.830. The Bertz CT molecular complexity index is 231. The highest BCUT2D eigenvalue weighted by Crippen LogP contribution is 2.32. The quantitative estimate of drug-likeness (QED) is 0.673. The highest BCUT2D eigenvalue weighted by molar-refractivity contribution is 5.91. The second kappa shape index (κ2) is 3.92. The fraction of sp³-hybridized carbons (Fsp3) is 0.700. The lowest BCUT2D eigenvalue weighted by atomic mass is 9.79. The topological polar surface area (TPSA) is 38.3 Å². The van der Waals surface area contributed by atoms with Crippen LogP contribution in [-0.2, 0) is 9.53 Å². The molecular weight excluding hydrogens is 166 g/mol. The van der Waals surface area contributed by atoms with Crippen LogP contribution in [-0.4, -0.2) is 19.6 Å². The van der Waals surface area contributed by atoms with Gasteiger partial charge in [-0.05, 0) is 11.8 Å². The third-order valence-corrected chi connectivity index (χ3v) is 2.10. The normalized spacial score (nSPS) is 21.2. The molecule has 74 valence electrons. The van der Waals surface area contributed by atoms with Crippen molar-refractivity contribution in [3.05, 3.63) is 11.8 Å². The molecule has 0 aromatic carbocycles. The van der Waals surface area contributed by atoms with Crippen LogP contribution in [0.3, 0.4) is 0 Å². The summed E-state index contributed by atoms with van der Waals surface area (Å²) < 4.78 is 4.88. The second-order valence-electron chi connectivity index (χ2n) is 4.26. The van der Waals surface area contributed by atoms with Crippen LogP contribution in [0.25, 0.3) is 0 Å². The summed E-state index contributed by atoms with van der Waals surface area (Å²) in [5.41, 5.74) is 1.07. The molecule has 0 aromatic rings. The van der Waals surface area contributed by atoms with Crippen LogP contribution in [0.4, 0.5) is 0 Å². The third kappa shape index (κ3) is 3.19. The lowest BCUT2D eigenvalue weighted by Gasteiger charge is -2.29. The summed E-state index contributed by atoms with van der Waals surface area (Å²) in [6.07, 6.45) is 3.25. The molecule has 0 aromatic heterocycles. The van der Waals surface area contributed by atoms with Crippen molar-refractivity contribution >= 4 is 5.78 Å². The van der Waals surface area contributed by atoms with E-state index in [1.165, 1.54) is 0 Å². The summed E-state index contributed by atoms with van der Waals surface area (Å²) in [5.74, 6) is 0.204. The first-order chi connectivity index (χ1) is 6.03. The zero-order valence-corrected chi connectivity index (χ0v) is 8.52. The van der Waals surface area contributed by atoms with E-state index in [1.54, 1.807) is 13.2 Å². The van der Waals surface area contributed by atoms with Crippen molar-refractivity contribution in [2.75, 3.05) is 13.8 Å². The van der Waals surface area contributed by atoms with Crippen molar-refractivity contribution in [3.8, 4) is 0 Å². The van der Waals surface area contributed by atoms with E-state index in [2.05, 4.69) is 19.2 Å². The SMILES string of the molecule is COCNC1=CC(=O)CC(C)(C)C1. The van der Waals surface area contributed by atoms with Gasteiger partial charge >= 0.3 is 0 Å². The molecule has 0 radical (unpaired) electrons. The number of allylic oxidation sites excluding steroid dienone is 2. The molecule has 0 unspecified atom stereocenters. The molecule has 0 saturated heterocycles. The summed E-state index contributed by atoms with van der Waals surface area (Å²) in [6.45, 7) is 4.67. The van der Waals surface area contributed by atoms with Gasteiger partial charge in [0, 0.05) is 25.3 Å². The highest BCUT2D eigenvalue weighted by Gasteiger charge is 2.27. The molecule has 0 atom stereocenters. The van der Waals surface area contributed by atoms with Crippen LogP contribution >= 0.6 is 0 Å². The first kappa shape index (κ1) is 10.3. The van der Waals surface area contributed by atoms with Crippen molar-refractivity contribution < 1.29 is 9.53 Å². The predicted molar refractivity (Wildman–Crippen MR) is 51.1 cm³/mol. The molecule has 1 rings (SSSR count). The van der Waals surface area contributed by atoms with E-state index in [1.807, 2.05) is 0 Å². The first-order valence-electron chi connectivity index (χ1n) is 4.50. The van der Waals surface area contributed by atoms with Crippen LogP contribution in [0.5, 0.6) is 0 Å². The van der Waals surface area contributed by atoms with Crippen molar-refractivity contribution in [3.63, 3.8) is 0 Å².